The van der Waals surface area contributed by atoms with Gasteiger partial charge in [0.2, 0.25) is 0 Å². The third-order valence-electron chi connectivity index (χ3n) is 4.18. The van der Waals surface area contributed by atoms with Gasteiger partial charge in [-0.05, 0) is 24.1 Å². The topological polar surface area (TPSA) is 47.6 Å². The molecule has 0 radical (unpaired) electrons. The number of ether oxygens (including phenoxy) is 1. The maximum Gasteiger partial charge on any atom is 0.387 e. The fraction of sp³-hybridized carbons (Fsp3) is 0.235. The van der Waals surface area contributed by atoms with Crippen LogP contribution < -0.4 is 15.9 Å². The highest BCUT2D eigenvalue weighted by atomic mass is 19.3. The molecule has 3 rings (SSSR count). The van der Waals surface area contributed by atoms with Gasteiger partial charge in [0.1, 0.15) is 25.0 Å². The molecule has 1 heterocycles. The summed E-state index contributed by atoms with van der Waals surface area (Å²) in [5.41, 5.74) is 7.08. The molecule has 0 bridgehead atoms. The number of hydrogen-bond acceptors (Lipinski definition) is 3. The lowest BCUT2D eigenvalue weighted by Gasteiger charge is -2.28. The van der Waals surface area contributed by atoms with E-state index in [1.165, 1.54) is 12.1 Å². The zero-order valence-corrected chi connectivity index (χ0v) is 13.1. The summed E-state index contributed by atoms with van der Waals surface area (Å²) in [7, 11) is 1.94. The minimum absolute atomic E-state index is 0.222. The Hall–Kier alpha value is -2.44. The second kappa shape index (κ2) is 6.22. The van der Waals surface area contributed by atoms with Crippen molar-refractivity contribution in [3.05, 3.63) is 59.4 Å². The van der Waals surface area contributed by atoms with Crippen LogP contribution in [0.25, 0.3) is 0 Å². The molecule has 7 heteroatoms. The number of hydrogen-bond donors (Lipinski definition) is 1. The van der Waals surface area contributed by atoms with Gasteiger partial charge in [0.15, 0.2) is 0 Å². The summed E-state index contributed by atoms with van der Waals surface area (Å²) < 4.78 is 43.5. The molecule has 0 saturated heterocycles. The van der Waals surface area contributed by atoms with Crippen molar-refractivity contribution in [2.24, 2.45) is 10.7 Å². The summed E-state index contributed by atoms with van der Waals surface area (Å²) >= 11 is 0. The lowest BCUT2D eigenvalue weighted by molar-refractivity contribution is -0.0500. The quantitative estimate of drug-likeness (QED) is 0.872. The molecule has 2 aromatic rings. The third kappa shape index (κ3) is 2.98. The summed E-state index contributed by atoms with van der Waals surface area (Å²) in [5.74, 6) is -0.419. The molecule has 0 amide bonds. The van der Waals surface area contributed by atoms with Crippen molar-refractivity contribution >= 4 is 19.1 Å². The molecule has 24 heavy (non-hydrogen) atoms. The molecule has 0 fully saturated rings. The van der Waals surface area contributed by atoms with Gasteiger partial charge in [0.05, 0.1) is 5.84 Å². The van der Waals surface area contributed by atoms with Crippen molar-refractivity contribution < 1.29 is 17.9 Å². The summed E-state index contributed by atoms with van der Waals surface area (Å²) in [6.45, 7) is -3.00. The van der Waals surface area contributed by atoms with E-state index >= 15 is 0 Å². The Morgan fingerprint density at radius 1 is 1.21 bits per heavy atom. The molecule has 0 aromatic heterocycles. The lowest BCUT2D eigenvalue weighted by atomic mass is 9.79. The molecule has 2 aromatic carbocycles. The number of rotatable bonds is 4. The molecule has 1 unspecified atom stereocenters. The van der Waals surface area contributed by atoms with Crippen LogP contribution in [0.4, 0.5) is 13.2 Å². The first-order valence-electron chi connectivity index (χ1n) is 7.57. The van der Waals surface area contributed by atoms with Crippen molar-refractivity contribution in [2.45, 2.75) is 25.0 Å². The number of nitrogens with two attached hydrogens (primary N) is 1. The third-order valence-corrected chi connectivity index (χ3v) is 4.18. The van der Waals surface area contributed by atoms with Gasteiger partial charge in [0.25, 0.3) is 0 Å². The monoisotopic (exact) mass is 332 g/mol. The highest BCUT2D eigenvalue weighted by Gasteiger charge is 2.40. The van der Waals surface area contributed by atoms with Crippen molar-refractivity contribution in [3.63, 3.8) is 0 Å². The first-order chi connectivity index (χ1) is 11.4. The standard InChI is InChI=1S/C17H16BF3N2O/c18-11-3-1-2-10(8-11)17(7-6-15(22)23-17)13-5-4-12(9-14(13)19)24-16(20)21/h1-5,8-9,16H,6-7,18H2,(H2,22,23). The number of alkyl halides is 2. The van der Waals surface area contributed by atoms with Crippen molar-refractivity contribution in [2.75, 3.05) is 0 Å². The Kier molecular flexibility index (Phi) is 4.26. The van der Waals surface area contributed by atoms with Crippen LogP contribution in [-0.4, -0.2) is 20.3 Å². The van der Waals surface area contributed by atoms with Gasteiger partial charge in [-0.2, -0.15) is 8.78 Å². The smallest absolute Gasteiger partial charge is 0.387 e. The Labute approximate surface area is 138 Å². The maximum absolute atomic E-state index is 14.7. The highest BCUT2D eigenvalue weighted by molar-refractivity contribution is 6.32. The molecule has 2 N–H and O–H groups in total. The van der Waals surface area contributed by atoms with Crippen molar-refractivity contribution in [3.8, 4) is 5.75 Å². The van der Waals surface area contributed by atoms with E-state index in [0.29, 0.717) is 24.2 Å². The highest BCUT2D eigenvalue weighted by Crippen LogP contribution is 2.43. The van der Waals surface area contributed by atoms with Gasteiger partial charge < -0.3 is 10.5 Å². The van der Waals surface area contributed by atoms with Crippen LogP contribution in [0.3, 0.4) is 0 Å². The Balaban J connectivity index is 2.11. The second-order valence-electron chi connectivity index (χ2n) is 5.85. The van der Waals surface area contributed by atoms with Gasteiger partial charge in [-0.1, -0.05) is 29.7 Å². The number of aliphatic imine (C=N–C) groups is 1. The Morgan fingerprint density at radius 2 is 2.00 bits per heavy atom. The molecule has 1 aliphatic heterocycles. The molecule has 0 aliphatic carbocycles. The van der Waals surface area contributed by atoms with E-state index in [1.807, 2.05) is 32.1 Å². The largest absolute Gasteiger partial charge is 0.435 e. The van der Waals surface area contributed by atoms with Crippen LogP contribution in [0, 0.1) is 5.82 Å². The first-order valence-corrected chi connectivity index (χ1v) is 7.57. The molecular formula is C17H16BF3N2O. The van der Waals surface area contributed by atoms with Crippen LogP contribution >= 0.6 is 0 Å². The number of nitrogens with zero attached hydrogens (tertiary/aromatic N) is 1. The van der Waals surface area contributed by atoms with Crippen molar-refractivity contribution in [1.29, 1.82) is 0 Å². The van der Waals surface area contributed by atoms with Crippen molar-refractivity contribution in [1.82, 2.24) is 0 Å². The zero-order valence-electron chi connectivity index (χ0n) is 13.1. The molecule has 1 aliphatic rings. The predicted octanol–water partition coefficient (Wildman–Crippen LogP) is 2.08. The average Bonchev–Trinajstić information content (AvgIpc) is 2.90. The Bertz CT molecular complexity index is 797. The van der Waals surface area contributed by atoms with E-state index in [1.54, 1.807) is 0 Å². The molecule has 1 atom stereocenters. The minimum Gasteiger partial charge on any atom is -0.435 e. The molecule has 3 nitrogen and oxygen atoms in total. The van der Waals surface area contributed by atoms with E-state index < -0.39 is 18.0 Å². The van der Waals surface area contributed by atoms with Crippen LogP contribution in [0.2, 0.25) is 0 Å². The van der Waals surface area contributed by atoms with Gasteiger partial charge in [-0.3, -0.25) is 4.99 Å². The average molecular weight is 332 g/mol. The number of benzene rings is 2. The number of halogens is 3. The molecule has 0 saturated carbocycles. The van der Waals surface area contributed by atoms with Gasteiger partial charge >= 0.3 is 6.61 Å². The second-order valence-corrected chi connectivity index (χ2v) is 5.85. The normalized spacial score (nSPS) is 20.2. The predicted molar refractivity (Wildman–Crippen MR) is 89.3 cm³/mol. The summed E-state index contributed by atoms with van der Waals surface area (Å²) in [4.78, 5) is 4.52. The van der Waals surface area contributed by atoms with E-state index in [2.05, 4.69) is 9.73 Å². The fourth-order valence-corrected chi connectivity index (χ4v) is 3.13. The van der Waals surface area contributed by atoms with Crippen LogP contribution in [-0.2, 0) is 5.54 Å². The minimum atomic E-state index is -3.00. The molecule has 0 spiro atoms. The number of amidine groups is 1. The molecular weight excluding hydrogens is 316 g/mol. The molecule has 124 valence electrons. The van der Waals surface area contributed by atoms with E-state index in [-0.39, 0.29) is 5.75 Å². The lowest BCUT2D eigenvalue weighted by Crippen LogP contribution is -2.26. The first kappa shape index (κ1) is 16.4. The maximum atomic E-state index is 14.7. The van der Waals surface area contributed by atoms with Crippen LogP contribution in [0.1, 0.15) is 24.0 Å². The van der Waals surface area contributed by atoms with Gasteiger partial charge in [-0.25, -0.2) is 4.39 Å². The summed E-state index contributed by atoms with van der Waals surface area (Å²) in [6.07, 6.45) is 1.07. The van der Waals surface area contributed by atoms with E-state index in [4.69, 9.17) is 5.73 Å². The van der Waals surface area contributed by atoms with E-state index in [0.717, 1.165) is 17.1 Å². The van der Waals surface area contributed by atoms with Gasteiger partial charge in [0, 0.05) is 18.1 Å². The van der Waals surface area contributed by atoms with E-state index in [9.17, 15) is 13.2 Å². The fourth-order valence-electron chi connectivity index (χ4n) is 3.13. The summed E-state index contributed by atoms with van der Waals surface area (Å²) in [6, 6.07) is 11.4. The SMILES string of the molecule is Bc1cccc(C2(c3ccc(OC(F)F)cc3F)CCC(N)=N2)c1. The Morgan fingerprint density at radius 3 is 2.58 bits per heavy atom. The van der Waals surface area contributed by atoms with Gasteiger partial charge in [-0.15, -0.1) is 0 Å². The zero-order chi connectivity index (χ0) is 17.3. The summed E-state index contributed by atoms with van der Waals surface area (Å²) in [5, 5.41) is 0. The van der Waals surface area contributed by atoms with Crippen LogP contribution in [0.5, 0.6) is 5.75 Å². The van der Waals surface area contributed by atoms with Crippen LogP contribution in [0.15, 0.2) is 47.5 Å².